The molecule has 2 N–H and O–H groups in total. The highest BCUT2D eigenvalue weighted by Gasteiger charge is 2.02. The molecule has 2 rings (SSSR count). The number of benzene rings is 1. The molecular weight excluding hydrogens is 172 g/mol. The Morgan fingerprint density at radius 3 is 2.86 bits per heavy atom. The number of fused-ring (bicyclic) bond motifs is 1. The van der Waals surface area contributed by atoms with Gasteiger partial charge in [0.15, 0.2) is 0 Å². The third kappa shape index (κ3) is 1.61. The third-order valence-electron chi connectivity index (χ3n) is 2.33. The van der Waals surface area contributed by atoms with Gasteiger partial charge >= 0.3 is 0 Å². The fraction of sp³-hybridized carbons (Fsp3) is 0.250. The number of nitrogens with two attached hydrogens (primary N) is 1. The molecule has 0 aliphatic carbocycles. The van der Waals surface area contributed by atoms with Crippen LogP contribution in [0.3, 0.4) is 0 Å². The standard InChI is InChI=1S/C12H14N2/c1-9-8-10-4-2-3-5-11(10)12(14-9)6-7-13/h2-5,8H,6-7,13H2,1H3. The second-order valence-corrected chi connectivity index (χ2v) is 3.47. The van der Waals surface area contributed by atoms with Gasteiger partial charge in [0.1, 0.15) is 0 Å². The zero-order valence-electron chi connectivity index (χ0n) is 8.33. The first-order valence-corrected chi connectivity index (χ1v) is 4.86. The molecule has 0 unspecified atom stereocenters. The van der Waals surface area contributed by atoms with E-state index in [1.54, 1.807) is 0 Å². The van der Waals surface area contributed by atoms with Crippen molar-refractivity contribution in [1.82, 2.24) is 4.98 Å². The number of hydrogen-bond donors (Lipinski definition) is 1. The van der Waals surface area contributed by atoms with Crippen molar-refractivity contribution >= 4 is 10.8 Å². The van der Waals surface area contributed by atoms with E-state index in [4.69, 9.17) is 5.73 Å². The average Bonchev–Trinajstić information content (AvgIpc) is 2.18. The lowest BCUT2D eigenvalue weighted by Crippen LogP contribution is -2.05. The van der Waals surface area contributed by atoms with Crippen LogP contribution in [0.15, 0.2) is 30.3 Å². The van der Waals surface area contributed by atoms with Crippen molar-refractivity contribution in [3.63, 3.8) is 0 Å². The lowest BCUT2D eigenvalue weighted by atomic mass is 10.1. The zero-order valence-corrected chi connectivity index (χ0v) is 8.33. The molecule has 2 heteroatoms. The SMILES string of the molecule is Cc1cc2ccccc2c(CCN)n1. The minimum Gasteiger partial charge on any atom is -0.330 e. The molecule has 72 valence electrons. The van der Waals surface area contributed by atoms with E-state index in [0.29, 0.717) is 6.54 Å². The molecular formula is C12H14N2. The number of pyridine rings is 1. The van der Waals surface area contributed by atoms with Gasteiger partial charge in [-0.25, -0.2) is 0 Å². The Balaban J connectivity index is 2.67. The summed E-state index contributed by atoms with van der Waals surface area (Å²) >= 11 is 0. The van der Waals surface area contributed by atoms with Gasteiger partial charge in [0.25, 0.3) is 0 Å². The molecule has 0 amide bonds. The van der Waals surface area contributed by atoms with E-state index in [0.717, 1.165) is 17.8 Å². The lowest BCUT2D eigenvalue weighted by Gasteiger charge is -2.05. The first kappa shape index (κ1) is 9.16. The predicted octanol–water partition coefficient (Wildman–Crippen LogP) is 2.04. The van der Waals surface area contributed by atoms with E-state index < -0.39 is 0 Å². The van der Waals surface area contributed by atoms with E-state index in [1.807, 2.05) is 19.1 Å². The van der Waals surface area contributed by atoms with Gasteiger partial charge in [-0.3, -0.25) is 4.98 Å². The molecule has 0 atom stereocenters. The molecule has 14 heavy (non-hydrogen) atoms. The lowest BCUT2D eigenvalue weighted by molar-refractivity contribution is 0.925. The molecule has 0 spiro atoms. The maximum Gasteiger partial charge on any atom is 0.0497 e. The summed E-state index contributed by atoms with van der Waals surface area (Å²) < 4.78 is 0. The number of hydrogen-bond acceptors (Lipinski definition) is 2. The van der Waals surface area contributed by atoms with Crippen LogP contribution in [0.1, 0.15) is 11.4 Å². The molecule has 2 aromatic rings. The van der Waals surface area contributed by atoms with Crippen LogP contribution in [-0.2, 0) is 6.42 Å². The smallest absolute Gasteiger partial charge is 0.0497 e. The average molecular weight is 186 g/mol. The Hall–Kier alpha value is -1.41. The highest BCUT2D eigenvalue weighted by Crippen LogP contribution is 2.18. The number of aromatic nitrogens is 1. The van der Waals surface area contributed by atoms with E-state index >= 15 is 0 Å². The van der Waals surface area contributed by atoms with Crippen molar-refractivity contribution in [2.75, 3.05) is 6.54 Å². The molecule has 1 heterocycles. The van der Waals surface area contributed by atoms with Crippen LogP contribution in [-0.4, -0.2) is 11.5 Å². The number of nitrogens with zero attached hydrogens (tertiary/aromatic N) is 1. The summed E-state index contributed by atoms with van der Waals surface area (Å²) in [5.74, 6) is 0. The van der Waals surface area contributed by atoms with Crippen molar-refractivity contribution in [3.05, 3.63) is 41.7 Å². The molecule has 1 aromatic heterocycles. The first-order chi connectivity index (χ1) is 6.81. The molecule has 0 radical (unpaired) electrons. The van der Waals surface area contributed by atoms with Gasteiger partial charge in [-0.15, -0.1) is 0 Å². The summed E-state index contributed by atoms with van der Waals surface area (Å²) in [6.07, 6.45) is 0.849. The van der Waals surface area contributed by atoms with Crippen LogP contribution < -0.4 is 5.73 Å². The Bertz CT molecular complexity index is 449. The Morgan fingerprint density at radius 1 is 1.29 bits per heavy atom. The quantitative estimate of drug-likeness (QED) is 0.779. The van der Waals surface area contributed by atoms with Gasteiger partial charge < -0.3 is 5.73 Å². The van der Waals surface area contributed by atoms with Crippen LogP contribution >= 0.6 is 0 Å². The summed E-state index contributed by atoms with van der Waals surface area (Å²) in [6.45, 7) is 2.67. The van der Waals surface area contributed by atoms with E-state index in [1.165, 1.54) is 10.8 Å². The van der Waals surface area contributed by atoms with Gasteiger partial charge in [-0.1, -0.05) is 24.3 Å². The number of aryl methyl sites for hydroxylation is 1. The minimum absolute atomic E-state index is 0.653. The van der Waals surface area contributed by atoms with E-state index in [9.17, 15) is 0 Å². The van der Waals surface area contributed by atoms with E-state index in [-0.39, 0.29) is 0 Å². The maximum absolute atomic E-state index is 5.56. The van der Waals surface area contributed by atoms with E-state index in [2.05, 4.69) is 23.2 Å². The van der Waals surface area contributed by atoms with Crippen molar-refractivity contribution in [3.8, 4) is 0 Å². The topological polar surface area (TPSA) is 38.9 Å². The first-order valence-electron chi connectivity index (χ1n) is 4.86. The zero-order chi connectivity index (χ0) is 9.97. The Morgan fingerprint density at radius 2 is 2.07 bits per heavy atom. The third-order valence-corrected chi connectivity index (χ3v) is 2.33. The molecule has 0 aliphatic heterocycles. The molecule has 0 aliphatic rings. The molecule has 1 aromatic carbocycles. The second kappa shape index (κ2) is 3.76. The fourth-order valence-corrected chi connectivity index (χ4v) is 1.74. The van der Waals surface area contributed by atoms with Crippen LogP contribution in [0.4, 0.5) is 0 Å². The minimum atomic E-state index is 0.653. The van der Waals surface area contributed by atoms with Crippen molar-refractivity contribution in [1.29, 1.82) is 0 Å². The Kier molecular flexibility index (Phi) is 2.46. The highest BCUT2D eigenvalue weighted by atomic mass is 14.7. The predicted molar refractivity (Wildman–Crippen MR) is 59.2 cm³/mol. The van der Waals surface area contributed by atoms with Crippen LogP contribution in [0, 0.1) is 6.92 Å². The molecule has 2 nitrogen and oxygen atoms in total. The van der Waals surface area contributed by atoms with Gasteiger partial charge in [0.2, 0.25) is 0 Å². The van der Waals surface area contributed by atoms with Crippen molar-refractivity contribution in [2.45, 2.75) is 13.3 Å². The van der Waals surface area contributed by atoms with Crippen molar-refractivity contribution in [2.24, 2.45) is 5.73 Å². The summed E-state index contributed by atoms with van der Waals surface area (Å²) in [4.78, 5) is 4.51. The van der Waals surface area contributed by atoms with Crippen LogP contribution in [0.2, 0.25) is 0 Å². The normalized spacial score (nSPS) is 10.7. The number of rotatable bonds is 2. The van der Waals surface area contributed by atoms with Gasteiger partial charge in [0.05, 0.1) is 0 Å². The van der Waals surface area contributed by atoms with Crippen LogP contribution in [0.5, 0.6) is 0 Å². The highest BCUT2D eigenvalue weighted by molar-refractivity contribution is 5.84. The van der Waals surface area contributed by atoms with Crippen molar-refractivity contribution < 1.29 is 0 Å². The monoisotopic (exact) mass is 186 g/mol. The molecule has 0 bridgehead atoms. The molecule has 0 fully saturated rings. The van der Waals surface area contributed by atoms with Gasteiger partial charge in [-0.05, 0) is 24.9 Å². The Labute approximate surface area is 83.8 Å². The van der Waals surface area contributed by atoms with Crippen LogP contribution in [0.25, 0.3) is 10.8 Å². The summed E-state index contributed by atoms with van der Waals surface area (Å²) in [6, 6.07) is 10.4. The maximum atomic E-state index is 5.56. The van der Waals surface area contributed by atoms with Gasteiger partial charge in [-0.2, -0.15) is 0 Å². The van der Waals surface area contributed by atoms with Gasteiger partial charge in [0, 0.05) is 23.2 Å². The summed E-state index contributed by atoms with van der Waals surface area (Å²) in [5, 5.41) is 2.48. The summed E-state index contributed by atoms with van der Waals surface area (Å²) in [7, 11) is 0. The fourth-order valence-electron chi connectivity index (χ4n) is 1.74. The molecule has 0 saturated heterocycles. The largest absolute Gasteiger partial charge is 0.330 e. The second-order valence-electron chi connectivity index (χ2n) is 3.47. The summed E-state index contributed by atoms with van der Waals surface area (Å²) in [5.41, 5.74) is 7.74. The molecule has 0 saturated carbocycles.